The van der Waals surface area contributed by atoms with E-state index in [1.807, 2.05) is 0 Å². The first kappa shape index (κ1) is 45.2. The zero-order valence-electron chi connectivity index (χ0n) is 28.9. The second-order valence-corrected chi connectivity index (χ2v) is 13.0. The summed E-state index contributed by atoms with van der Waals surface area (Å²) >= 11 is 0. The topological polar surface area (TPSA) is 261 Å². The first-order chi connectivity index (χ1) is 23.7. The summed E-state index contributed by atoms with van der Waals surface area (Å²) in [4.78, 5) is 84.5. The molecular weight excluding hydrogens is 833 g/mol. The second-order valence-electron chi connectivity index (χ2n) is 13.0. The Bertz CT molecular complexity index is 1080. The molecule has 3 aliphatic rings. The zero-order valence-corrected chi connectivity index (χ0v) is 30.7. The van der Waals surface area contributed by atoms with Crippen LogP contribution in [0.5, 0.6) is 0 Å². The number of piperazine rings is 2. The van der Waals surface area contributed by atoms with E-state index in [1.165, 1.54) is 0 Å². The van der Waals surface area contributed by atoms with Gasteiger partial charge >= 0.3 is 23.9 Å². The molecule has 0 saturated carbocycles. The van der Waals surface area contributed by atoms with Crippen LogP contribution in [0.1, 0.15) is 25.7 Å². The summed E-state index contributed by atoms with van der Waals surface area (Å²) in [5.41, 5.74) is 0. The summed E-state index contributed by atoms with van der Waals surface area (Å²) in [6.07, 6.45) is -0.115. The number of nitrogens with two attached hydrogens (primary N) is 2. The SMILES string of the molecule is NN1CCN(C(=O)CCC(C(=O)O)N2CCN(CC(=O)O)CCN(CC(=O)O)CCN(C(CCC(=O)N3CCN(N)CC3)C(=O)O)CC2)CC1.[Yb]. The van der Waals surface area contributed by atoms with Gasteiger partial charge in [-0.15, -0.1) is 0 Å². The Balaban J connectivity index is 0.00000901. The van der Waals surface area contributed by atoms with Gasteiger partial charge in [-0.05, 0) is 12.8 Å². The molecule has 3 rings (SSSR count). The van der Waals surface area contributed by atoms with E-state index in [0.29, 0.717) is 52.4 Å². The average Bonchev–Trinajstić information content (AvgIpc) is 3.05. The van der Waals surface area contributed by atoms with Crippen molar-refractivity contribution in [3.05, 3.63) is 0 Å². The predicted octanol–water partition coefficient (Wildman–Crippen LogP) is -4.12. The van der Waals surface area contributed by atoms with Crippen molar-refractivity contribution in [2.45, 2.75) is 37.8 Å². The Morgan fingerprint density at radius 2 is 0.765 bits per heavy atom. The number of aliphatic carboxylic acids is 4. The predicted molar refractivity (Wildman–Crippen MR) is 177 cm³/mol. The van der Waals surface area contributed by atoms with Crippen LogP contribution in [0.15, 0.2) is 0 Å². The van der Waals surface area contributed by atoms with Crippen LogP contribution in [0.3, 0.4) is 0 Å². The van der Waals surface area contributed by atoms with Crippen LogP contribution >= 0.6 is 0 Å². The smallest absolute Gasteiger partial charge is 0.320 e. The Hall–Kier alpha value is -1.98. The van der Waals surface area contributed by atoms with Gasteiger partial charge in [-0.2, -0.15) is 0 Å². The van der Waals surface area contributed by atoms with E-state index < -0.39 is 36.0 Å². The molecule has 2 unspecified atom stereocenters. The molecule has 3 aliphatic heterocycles. The molecule has 0 aromatic rings. The van der Waals surface area contributed by atoms with Gasteiger partial charge in [0.1, 0.15) is 12.1 Å². The van der Waals surface area contributed by atoms with E-state index in [4.69, 9.17) is 11.7 Å². The molecule has 8 N–H and O–H groups in total. The number of hydrazine groups is 2. The summed E-state index contributed by atoms with van der Waals surface area (Å²) < 4.78 is 0. The summed E-state index contributed by atoms with van der Waals surface area (Å²) in [7, 11) is 0. The summed E-state index contributed by atoms with van der Waals surface area (Å²) in [6, 6.07) is -2.25. The van der Waals surface area contributed by atoms with Crippen molar-refractivity contribution >= 4 is 35.7 Å². The van der Waals surface area contributed by atoms with E-state index in [2.05, 4.69) is 0 Å². The van der Waals surface area contributed by atoms with Gasteiger partial charge in [-0.25, -0.2) is 10.0 Å². The van der Waals surface area contributed by atoms with Gasteiger partial charge in [-0.3, -0.25) is 60.1 Å². The van der Waals surface area contributed by atoms with Crippen LogP contribution in [0.2, 0.25) is 0 Å². The zero-order chi connectivity index (χ0) is 36.8. The molecule has 2 amide bonds. The summed E-state index contributed by atoms with van der Waals surface area (Å²) in [5.74, 6) is 6.67. The summed E-state index contributed by atoms with van der Waals surface area (Å²) in [6.45, 7) is 3.95. The summed E-state index contributed by atoms with van der Waals surface area (Å²) in [5, 5.41) is 43.0. The van der Waals surface area contributed by atoms with E-state index in [9.17, 15) is 49.2 Å². The Morgan fingerprint density at radius 1 is 0.471 bits per heavy atom. The van der Waals surface area contributed by atoms with Gasteiger partial charge in [0, 0.05) is 164 Å². The monoisotopic (exact) mass is 888 g/mol. The molecule has 0 spiro atoms. The van der Waals surface area contributed by atoms with Crippen molar-refractivity contribution in [2.75, 3.05) is 118 Å². The maximum atomic E-state index is 13.0. The number of carboxylic acids is 4. The molecule has 298 valence electrons. The molecule has 21 heteroatoms. The van der Waals surface area contributed by atoms with Crippen LogP contribution in [-0.2, 0) is 28.8 Å². The van der Waals surface area contributed by atoms with E-state index in [1.54, 1.807) is 39.4 Å². The largest absolute Gasteiger partial charge is 0.480 e. The molecule has 0 aromatic heterocycles. The maximum Gasteiger partial charge on any atom is 0.320 e. The van der Waals surface area contributed by atoms with Crippen molar-refractivity contribution in [1.82, 2.24) is 39.4 Å². The minimum atomic E-state index is -1.17. The third-order valence-electron chi connectivity index (χ3n) is 9.58. The standard InChI is InChI=1S/C30H54N10O10.Yb/c31-39-17-13-37(14-18-39)25(41)3-1-23(29(47)48)35-9-7-33(21-27(43)44)5-6-34(22-28(45)46)8-10-36(12-11-35)24(30(49)50)2-4-26(42)38-15-19-40(32)20-16-38;/h23-24H,1-22,31-32H2,(H,43,44)(H,45,46)(H,47,48)(H,49,50);. The number of carbonyl (C=O) groups excluding carboxylic acids is 2. The van der Waals surface area contributed by atoms with Crippen molar-refractivity contribution in [1.29, 1.82) is 0 Å². The van der Waals surface area contributed by atoms with E-state index in [0.717, 1.165) is 0 Å². The first-order valence-electron chi connectivity index (χ1n) is 17.1. The van der Waals surface area contributed by atoms with Crippen molar-refractivity contribution in [3.8, 4) is 0 Å². The van der Waals surface area contributed by atoms with Crippen LogP contribution in [0.25, 0.3) is 0 Å². The maximum absolute atomic E-state index is 13.0. The Labute approximate surface area is 336 Å². The van der Waals surface area contributed by atoms with Crippen molar-refractivity contribution < 1.29 is 96.1 Å². The molecule has 0 aliphatic carbocycles. The van der Waals surface area contributed by atoms with Crippen molar-refractivity contribution in [2.24, 2.45) is 11.7 Å². The minimum Gasteiger partial charge on any atom is -0.480 e. The van der Waals surface area contributed by atoms with Crippen molar-refractivity contribution in [3.63, 3.8) is 0 Å². The molecule has 0 bridgehead atoms. The van der Waals surface area contributed by atoms with Crippen LogP contribution < -0.4 is 11.7 Å². The fourth-order valence-corrected chi connectivity index (χ4v) is 6.55. The van der Waals surface area contributed by atoms with Crippen LogP contribution in [0.4, 0.5) is 0 Å². The van der Waals surface area contributed by atoms with E-state index in [-0.39, 0.29) is 150 Å². The molecular formula is C30H54N10O10Yb. The molecule has 51 heavy (non-hydrogen) atoms. The molecule has 3 fully saturated rings. The minimum absolute atomic E-state index is 0. The molecule has 20 nitrogen and oxygen atoms in total. The molecule has 3 heterocycles. The number of nitrogens with zero attached hydrogens (tertiary/aromatic N) is 8. The van der Waals surface area contributed by atoms with Gasteiger partial charge < -0.3 is 30.2 Å². The van der Waals surface area contributed by atoms with Gasteiger partial charge in [0.05, 0.1) is 13.1 Å². The fraction of sp³-hybridized carbons (Fsp3) is 0.800. The number of amides is 2. The number of hydrogen-bond acceptors (Lipinski definition) is 14. The molecule has 0 radical (unpaired) electrons. The van der Waals surface area contributed by atoms with E-state index >= 15 is 0 Å². The quantitative estimate of drug-likeness (QED) is 0.0906. The molecule has 3 saturated heterocycles. The molecule has 2 atom stereocenters. The van der Waals surface area contributed by atoms with Gasteiger partial charge in [-0.1, -0.05) is 0 Å². The van der Waals surface area contributed by atoms with Gasteiger partial charge in [0.15, 0.2) is 0 Å². The second kappa shape index (κ2) is 22.9. The fourth-order valence-electron chi connectivity index (χ4n) is 6.55. The third kappa shape index (κ3) is 15.9. The normalized spacial score (nSPS) is 21.5. The number of carbonyl (C=O) groups is 6. The van der Waals surface area contributed by atoms with Crippen LogP contribution in [0, 0.1) is 46.9 Å². The van der Waals surface area contributed by atoms with Gasteiger partial charge in [0.25, 0.3) is 0 Å². The number of carboxylic acid groups (broad SMARTS) is 4. The Morgan fingerprint density at radius 3 is 1.06 bits per heavy atom. The average molecular weight is 888 g/mol. The third-order valence-corrected chi connectivity index (χ3v) is 9.58. The number of rotatable bonds is 14. The molecule has 0 aromatic carbocycles. The van der Waals surface area contributed by atoms with Crippen LogP contribution in [-0.4, -0.2) is 225 Å². The first-order valence-corrected chi connectivity index (χ1v) is 17.1. The number of hydrogen-bond donors (Lipinski definition) is 6. The Kier molecular flexibility index (Phi) is 20.3. The van der Waals surface area contributed by atoms with Gasteiger partial charge in [0.2, 0.25) is 11.8 Å².